The second-order valence-corrected chi connectivity index (χ2v) is 44.4. The summed E-state index contributed by atoms with van der Waals surface area (Å²) >= 11 is 0. The van der Waals surface area contributed by atoms with Crippen LogP contribution in [0.1, 0.15) is 188 Å². The molecule has 140 heavy (non-hydrogen) atoms. The molecule has 0 fully saturated rings. The molecular weight excluding hydrogens is 1820 g/mol. The van der Waals surface area contributed by atoms with Gasteiger partial charge >= 0.3 is 29.8 Å². The van der Waals surface area contributed by atoms with Gasteiger partial charge in [0.1, 0.15) is 28.7 Å². The summed E-state index contributed by atoms with van der Waals surface area (Å²) in [5.41, 5.74) is 8.04. The van der Waals surface area contributed by atoms with Gasteiger partial charge in [-0.3, -0.25) is 24.0 Å². The van der Waals surface area contributed by atoms with Crippen LogP contribution >= 0.6 is 0 Å². The summed E-state index contributed by atoms with van der Waals surface area (Å²) in [6, 6.07) is 131. The third-order valence-corrected chi connectivity index (χ3v) is 33.8. The monoisotopic (exact) mass is 1960 g/mol. The van der Waals surface area contributed by atoms with Gasteiger partial charge in [-0.25, -0.2) is 0 Å². The lowest BCUT2D eigenvalue weighted by molar-refractivity contribution is -0.135. The molecule has 0 aliphatic rings. The quantitative estimate of drug-likeness (QED) is 0.0160. The van der Waals surface area contributed by atoms with Gasteiger partial charge in [-0.05, 0) is 278 Å². The van der Waals surface area contributed by atoms with Crippen LogP contribution in [-0.4, -0.2) is 29.8 Å². The standard InChI is InChI=1S/C27H31O2S.C26H29O2S.C25H27O2S.C24H25O2S.C23H23O2S/c1-4-5-6-13-18-26(28)29-27-21(2)19-25(20-22(27)3)30(23-14-9-7-10-15-23)24-16-11-8-12-17-24;1-4-5-8-17-25(27)28-26-20(2)18-24(19-21(26)3)29(22-13-9-6-10-14-22)23-15-11-7-12-16-23;1-4-5-16-24(26)27-25-19(2)17-23(18-20(25)3)28(21-12-8-6-9-13-21)22-14-10-7-11-15-22;1-4-11-23(25)26-24-18(2)16-22(17-19(24)3)27(20-12-7-5-8-13-20)21-14-9-6-10-15-21;1-2-3-14-23(24)25-19-15-17-22(18-16-19)26(20-10-6-4-7-11-20)21-12-8-5-9-13-21/h7-12,14-17,19-20H,4-6,13,18H2,1-3H3;6-7,9-16,18-19H,4-5,8,17H2,1-3H3;6-15,17-18H,4-5,16H2,1-3H3;5-10,12-17H,4,11H2,1-3H3;4-13,15-18H,2-3,14H2,1H3/q5*+1. The largest absolute Gasteiger partial charge is 0.427 e. The van der Waals surface area contributed by atoms with Crippen LogP contribution < -0.4 is 23.7 Å². The minimum absolute atomic E-state index is 0.129. The van der Waals surface area contributed by atoms with Gasteiger partial charge in [-0.2, -0.15) is 0 Å². The summed E-state index contributed by atoms with van der Waals surface area (Å²) in [4.78, 5) is 79.4. The third-order valence-electron chi connectivity index (χ3n) is 22.8. The molecule has 720 valence electrons. The van der Waals surface area contributed by atoms with Gasteiger partial charge in [0, 0.05) is 80.6 Å². The van der Waals surface area contributed by atoms with E-state index >= 15 is 0 Å². The number of ether oxygens (including phenoxy) is 5. The number of carbonyl (C=O) groups is 5. The van der Waals surface area contributed by atoms with Crippen LogP contribution in [0.3, 0.4) is 0 Å². The normalized spacial score (nSPS) is 10.8. The van der Waals surface area contributed by atoms with E-state index in [1.165, 1.54) is 86.3 Å². The summed E-state index contributed by atoms with van der Waals surface area (Å²) in [5, 5.41) is 0. The average Bonchev–Trinajstić information content (AvgIpc) is 0.809. The van der Waals surface area contributed by atoms with Crippen molar-refractivity contribution in [1.82, 2.24) is 0 Å². The van der Waals surface area contributed by atoms with Crippen LogP contribution in [0, 0.1) is 55.4 Å². The van der Waals surface area contributed by atoms with E-state index in [9.17, 15) is 24.0 Å². The maximum absolute atomic E-state index is 12.3. The highest BCUT2D eigenvalue weighted by Crippen LogP contribution is 2.42. The summed E-state index contributed by atoms with van der Waals surface area (Å²) in [6.45, 7) is 26.6. The van der Waals surface area contributed by atoms with E-state index in [-0.39, 0.29) is 84.3 Å². The number of hydrogen-bond donors (Lipinski definition) is 0. The SMILES string of the molecule is CCCC(=O)Oc1c(C)cc([S+](c2ccccc2)c2ccccc2)cc1C.CCCCC(=O)Oc1c(C)cc([S+](c2ccccc2)c2ccccc2)cc1C.CCCCC(=O)Oc1ccc([S+](c2ccccc2)c2ccccc2)cc1.CCCCCC(=O)Oc1c(C)cc([S+](c2ccccc2)c2ccccc2)cc1C.CCCCCCC(=O)Oc1c(C)cc([S+](c2ccccc2)c2ccccc2)cc1C. The van der Waals surface area contributed by atoms with Crippen molar-refractivity contribution in [2.24, 2.45) is 0 Å². The Balaban J connectivity index is 0.000000168. The zero-order chi connectivity index (χ0) is 99.3. The summed E-state index contributed by atoms with van der Waals surface area (Å²) in [7, 11) is -0.989. The topological polar surface area (TPSA) is 132 Å². The maximum Gasteiger partial charge on any atom is 0.311 e. The van der Waals surface area contributed by atoms with E-state index < -0.39 is 0 Å². The zero-order valence-electron chi connectivity index (χ0n) is 83.4. The van der Waals surface area contributed by atoms with Crippen LogP contribution in [0.15, 0.2) is 450 Å². The fourth-order valence-electron chi connectivity index (χ4n) is 15.9. The molecule has 0 bridgehead atoms. The Morgan fingerprint density at radius 2 is 0.336 bits per heavy atom. The lowest BCUT2D eigenvalue weighted by Crippen LogP contribution is -2.11. The van der Waals surface area contributed by atoms with Crippen LogP contribution in [0.2, 0.25) is 0 Å². The first kappa shape index (κ1) is 108. The molecule has 0 aromatic heterocycles. The summed E-state index contributed by atoms with van der Waals surface area (Å²) in [5.74, 6) is 2.69. The molecule has 0 unspecified atom stereocenters. The number of carbonyl (C=O) groups excluding carboxylic acids is 5. The maximum atomic E-state index is 12.3. The molecule has 10 nitrogen and oxygen atoms in total. The van der Waals surface area contributed by atoms with Gasteiger partial charge < -0.3 is 23.7 Å². The van der Waals surface area contributed by atoms with Crippen molar-refractivity contribution < 1.29 is 47.7 Å². The number of hydrogen-bond acceptors (Lipinski definition) is 10. The van der Waals surface area contributed by atoms with Crippen molar-refractivity contribution in [2.75, 3.05) is 0 Å². The molecule has 15 heteroatoms. The number of aryl methyl sites for hydroxylation is 8. The highest BCUT2D eigenvalue weighted by molar-refractivity contribution is 7.98. The lowest BCUT2D eigenvalue weighted by Gasteiger charge is -2.14. The molecule has 0 N–H and O–H groups in total. The highest BCUT2D eigenvalue weighted by atomic mass is 32.2. The Hall–Kier alpha value is -12.6. The van der Waals surface area contributed by atoms with E-state index in [0.717, 1.165) is 109 Å². The Morgan fingerprint density at radius 1 is 0.171 bits per heavy atom. The Bertz CT molecular complexity index is 6030. The minimum Gasteiger partial charge on any atom is -0.427 e. The number of rotatable bonds is 37. The molecular formula is C125H135O10S5+5. The van der Waals surface area contributed by atoms with Crippen molar-refractivity contribution in [3.8, 4) is 28.7 Å². The van der Waals surface area contributed by atoms with Crippen LogP contribution in [0.5, 0.6) is 28.7 Å². The van der Waals surface area contributed by atoms with Crippen molar-refractivity contribution in [3.63, 3.8) is 0 Å². The molecule has 0 atom stereocenters. The van der Waals surface area contributed by atoms with Crippen LogP contribution in [-0.2, 0) is 78.4 Å². The summed E-state index contributed by atoms with van der Waals surface area (Å²) < 4.78 is 28.2. The van der Waals surface area contributed by atoms with E-state index in [2.05, 4.69) is 343 Å². The second-order valence-electron chi connectivity index (χ2n) is 34.3. The number of benzene rings is 15. The smallest absolute Gasteiger partial charge is 0.311 e. The molecule has 15 aromatic carbocycles. The molecule has 0 radical (unpaired) electrons. The number of unbranched alkanes of at least 4 members (excludes halogenated alkanes) is 7. The second kappa shape index (κ2) is 57.8. The molecule has 0 saturated carbocycles. The average molecular weight is 1960 g/mol. The molecule has 0 saturated heterocycles. The Morgan fingerprint density at radius 3 is 0.536 bits per heavy atom. The van der Waals surface area contributed by atoms with Gasteiger partial charge in [0.05, 0.1) is 54.5 Å². The van der Waals surface area contributed by atoms with E-state index in [4.69, 9.17) is 23.7 Å². The van der Waals surface area contributed by atoms with Crippen molar-refractivity contribution >= 4 is 84.3 Å². The highest BCUT2D eigenvalue weighted by Gasteiger charge is 2.36. The molecule has 15 rings (SSSR count). The molecule has 0 heterocycles. The Kier molecular flexibility index (Phi) is 44.5. The van der Waals surface area contributed by atoms with Gasteiger partial charge in [0.15, 0.2) is 73.4 Å². The predicted molar refractivity (Wildman–Crippen MR) is 580 cm³/mol. The first-order valence-corrected chi connectivity index (χ1v) is 55.1. The number of esters is 5. The van der Waals surface area contributed by atoms with Crippen LogP contribution in [0.4, 0.5) is 0 Å². The lowest BCUT2D eigenvalue weighted by atomic mass is 10.1. The van der Waals surface area contributed by atoms with Gasteiger partial charge in [0.2, 0.25) is 0 Å². The van der Waals surface area contributed by atoms with Gasteiger partial charge in [-0.15, -0.1) is 0 Å². The minimum atomic E-state index is -0.204. The Labute approximate surface area is 847 Å². The van der Waals surface area contributed by atoms with Gasteiger partial charge in [0.25, 0.3) is 0 Å². The fourth-order valence-corrected chi connectivity index (χ4v) is 27.1. The molecule has 0 spiro atoms. The van der Waals surface area contributed by atoms with Crippen molar-refractivity contribution in [2.45, 2.75) is 273 Å². The molecule has 15 aromatic rings. The van der Waals surface area contributed by atoms with Crippen LogP contribution in [0.25, 0.3) is 0 Å². The van der Waals surface area contributed by atoms with Crippen molar-refractivity contribution in [1.29, 1.82) is 0 Å². The fraction of sp³-hybridized carbons (Fsp3) is 0.240. The summed E-state index contributed by atoms with van der Waals surface area (Å²) in [6.07, 6.45) is 14.2. The van der Waals surface area contributed by atoms with E-state index in [1.54, 1.807) is 0 Å². The molecule has 0 aliphatic heterocycles. The first-order chi connectivity index (χ1) is 68.2. The van der Waals surface area contributed by atoms with E-state index in [0.29, 0.717) is 60.9 Å². The predicted octanol–water partition coefficient (Wildman–Crippen LogP) is 32.6. The third kappa shape index (κ3) is 32.8. The zero-order valence-corrected chi connectivity index (χ0v) is 87.5. The first-order valence-electron chi connectivity index (χ1n) is 49.0. The van der Waals surface area contributed by atoms with Crippen molar-refractivity contribution in [3.05, 3.63) is 421 Å². The van der Waals surface area contributed by atoms with Gasteiger partial charge in [-0.1, -0.05) is 262 Å². The van der Waals surface area contributed by atoms with E-state index in [1.807, 2.05) is 123 Å². The molecule has 0 aliphatic carbocycles. The molecule has 0 amide bonds.